The molecule has 0 bridgehead atoms. The Morgan fingerprint density at radius 2 is 1.10 bits per heavy atom. The average Bonchev–Trinajstić information content (AvgIpc) is 3.49. The number of hydrogen-bond acceptors (Lipinski definition) is 3. The highest BCUT2D eigenvalue weighted by atomic mass is 14.9. The van der Waals surface area contributed by atoms with Crippen LogP contribution in [0.5, 0.6) is 0 Å². The summed E-state index contributed by atoms with van der Waals surface area (Å²) >= 11 is 0. The molecule has 0 saturated heterocycles. The molecule has 8 aromatic rings. The van der Waals surface area contributed by atoms with Crippen LogP contribution in [0.3, 0.4) is 0 Å². The largest absolute Gasteiger partial charge is 0.256 e. The van der Waals surface area contributed by atoms with Crippen molar-refractivity contribution in [3.05, 3.63) is 209 Å². The van der Waals surface area contributed by atoms with Gasteiger partial charge in [0.1, 0.15) is 0 Å². The van der Waals surface area contributed by atoms with Crippen LogP contribution < -0.4 is 0 Å². The fourth-order valence-electron chi connectivity index (χ4n) is 8.22. The van der Waals surface area contributed by atoms with E-state index in [4.69, 9.17) is 15.0 Å². The lowest BCUT2D eigenvalue weighted by Gasteiger charge is -2.34. The molecule has 0 radical (unpaired) electrons. The van der Waals surface area contributed by atoms with Gasteiger partial charge in [0.25, 0.3) is 0 Å². The van der Waals surface area contributed by atoms with Crippen molar-refractivity contribution < 1.29 is 0 Å². The van der Waals surface area contributed by atoms with Gasteiger partial charge in [-0.1, -0.05) is 146 Å². The zero-order valence-corrected chi connectivity index (χ0v) is 29.5. The molecule has 0 fully saturated rings. The van der Waals surface area contributed by atoms with Crippen molar-refractivity contribution in [1.82, 2.24) is 15.0 Å². The van der Waals surface area contributed by atoms with Crippen LogP contribution in [0, 0.1) is 20.8 Å². The summed E-state index contributed by atoms with van der Waals surface area (Å²) in [4.78, 5) is 15.2. The third kappa shape index (κ3) is 5.17. The van der Waals surface area contributed by atoms with E-state index in [1.807, 2.05) is 6.20 Å². The molecule has 248 valence electrons. The standard InChI is InChI=1S/C49H37N3/c1-32-27-33(2)47(50-31-32)36-25-26-42-41-22-12-13-24-44(41)49(45(42)30-36,38-18-8-5-9-19-38)39-20-14-17-37(29-39)48-51-34(3)28-46(52-48)43-23-11-10-21-40(43)35-15-6-4-7-16-35/h4-31H,1-3H3. The van der Waals surface area contributed by atoms with Crippen molar-refractivity contribution >= 4 is 0 Å². The number of pyridine rings is 1. The minimum absolute atomic E-state index is 0.579. The van der Waals surface area contributed by atoms with E-state index in [1.54, 1.807) is 0 Å². The maximum absolute atomic E-state index is 5.26. The molecule has 1 aliphatic rings. The highest BCUT2D eigenvalue weighted by molar-refractivity contribution is 5.89. The van der Waals surface area contributed by atoms with Crippen molar-refractivity contribution in [2.75, 3.05) is 0 Å². The van der Waals surface area contributed by atoms with Crippen LogP contribution in [0.1, 0.15) is 39.1 Å². The van der Waals surface area contributed by atoms with E-state index >= 15 is 0 Å². The first kappa shape index (κ1) is 31.5. The molecule has 52 heavy (non-hydrogen) atoms. The van der Waals surface area contributed by atoms with Crippen LogP contribution in [0.4, 0.5) is 0 Å². The maximum atomic E-state index is 5.26. The zero-order chi connectivity index (χ0) is 35.2. The summed E-state index contributed by atoms with van der Waals surface area (Å²) in [6, 6.07) is 58.9. The van der Waals surface area contributed by atoms with E-state index in [0.717, 1.165) is 50.5 Å². The minimum Gasteiger partial charge on any atom is -0.256 e. The van der Waals surface area contributed by atoms with Gasteiger partial charge in [-0.05, 0) is 94.6 Å². The summed E-state index contributed by atoms with van der Waals surface area (Å²) in [5.74, 6) is 0.711. The first-order chi connectivity index (χ1) is 25.5. The second kappa shape index (κ2) is 12.7. The van der Waals surface area contributed by atoms with Crippen LogP contribution in [0.25, 0.3) is 56.2 Å². The van der Waals surface area contributed by atoms with Crippen LogP contribution in [-0.4, -0.2) is 15.0 Å². The van der Waals surface area contributed by atoms with Crippen molar-refractivity contribution in [2.24, 2.45) is 0 Å². The number of rotatable bonds is 6. The van der Waals surface area contributed by atoms with Crippen molar-refractivity contribution in [3.8, 4) is 56.2 Å². The van der Waals surface area contributed by atoms with Gasteiger partial charge in [0.05, 0.1) is 16.8 Å². The molecule has 1 atom stereocenters. The Morgan fingerprint density at radius 3 is 1.88 bits per heavy atom. The second-order valence-corrected chi connectivity index (χ2v) is 13.8. The van der Waals surface area contributed by atoms with Crippen molar-refractivity contribution in [1.29, 1.82) is 0 Å². The number of benzene rings is 6. The predicted molar refractivity (Wildman–Crippen MR) is 213 cm³/mol. The molecule has 0 amide bonds. The molecule has 1 unspecified atom stereocenters. The number of aromatic nitrogens is 3. The van der Waals surface area contributed by atoms with Gasteiger partial charge in [0.2, 0.25) is 0 Å². The lowest BCUT2D eigenvalue weighted by atomic mass is 9.67. The molecule has 1 aliphatic carbocycles. The molecule has 0 spiro atoms. The van der Waals surface area contributed by atoms with E-state index in [2.05, 4.69) is 185 Å². The van der Waals surface area contributed by atoms with E-state index in [1.165, 1.54) is 38.9 Å². The van der Waals surface area contributed by atoms with Gasteiger partial charge in [-0.3, -0.25) is 4.98 Å². The molecule has 0 N–H and O–H groups in total. The molecule has 6 aromatic carbocycles. The van der Waals surface area contributed by atoms with Gasteiger partial charge in [0, 0.05) is 28.6 Å². The smallest absolute Gasteiger partial charge is 0.160 e. The summed E-state index contributed by atoms with van der Waals surface area (Å²) in [6.07, 6.45) is 1.96. The molecule has 9 rings (SSSR count). The lowest BCUT2D eigenvalue weighted by molar-refractivity contribution is 0.769. The Morgan fingerprint density at radius 1 is 0.442 bits per heavy atom. The van der Waals surface area contributed by atoms with Gasteiger partial charge in [-0.25, -0.2) is 9.97 Å². The van der Waals surface area contributed by atoms with Crippen molar-refractivity contribution in [3.63, 3.8) is 0 Å². The fourth-order valence-corrected chi connectivity index (χ4v) is 8.22. The Labute approximate surface area is 305 Å². The molecule has 2 aromatic heterocycles. The van der Waals surface area contributed by atoms with E-state index in [9.17, 15) is 0 Å². The van der Waals surface area contributed by atoms with Gasteiger partial charge in [-0.15, -0.1) is 0 Å². The number of aryl methyl sites for hydroxylation is 3. The van der Waals surface area contributed by atoms with Gasteiger partial charge in [0.15, 0.2) is 5.82 Å². The summed E-state index contributed by atoms with van der Waals surface area (Å²) in [6.45, 7) is 6.31. The molecule has 2 heterocycles. The SMILES string of the molecule is Cc1cnc(-c2ccc3c(c2)C(c2ccccc2)(c2cccc(-c4nc(C)cc(-c5ccccc5-c5ccccc5)n4)c2)c2ccccc2-3)c(C)c1. The van der Waals surface area contributed by atoms with Crippen LogP contribution in [0.15, 0.2) is 170 Å². The monoisotopic (exact) mass is 667 g/mol. The summed E-state index contributed by atoms with van der Waals surface area (Å²) in [5.41, 5.74) is 17.5. The first-order valence-electron chi connectivity index (χ1n) is 17.9. The second-order valence-electron chi connectivity index (χ2n) is 13.8. The molecule has 0 aliphatic heterocycles. The zero-order valence-electron chi connectivity index (χ0n) is 29.5. The molecular formula is C49H37N3. The van der Waals surface area contributed by atoms with Crippen LogP contribution in [-0.2, 0) is 5.41 Å². The quantitative estimate of drug-likeness (QED) is 0.177. The summed E-state index contributed by atoms with van der Waals surface area (Å²) < 4.78 is 0. The molecular weight excluding hydrogens is 631 g/mol. The van der Waals surface area contributed by atoms with E-state index in [0.29, 0.717) is 5.82 Å². The first-order valence-corrected chi connectivity index (χ1v) is 17.9. The molecule has 0 saturated carbocycles. The summed E-state index contributed by atoms with van der Waals surface area (Å²) in [5, 5.41) is 0. The van der Waals surface area contributed by atoms with E-state index in [-0.39, 0.29) is 0 Å². The maximum Gasteiger partial charge on any atom is 0.160 e. The molecule has 3 heteroatoms. The highest BCUT2D eigenvalue weighted by Crippen LogP contribution is 2.57. The van der Waals surface area contributed by atoms with Crippen LogP contribution in [0.2, 0.25) is 0 Å². The fraction of sp³-hybridized carbons (Fsp3) is 0.0816. The summed E-state index contributed by atoms with van der Waals surface area (Å²) in [7, 11) is 0. The van der Waals surface area contributed by atoms with Gasteiger partial charge < -0.3 is 0 Å². The third-order valence-electron chi connectivity index (χ3n) is 10.4. The number of nitrogens with zero attached hydrogens (tertiary/aromatic N) is 3. The Balaban J connectivity index is 1.26. The van der Waals surface area contributed by atoms with Gasteiger partial charge in [-0.2, -0.15) is 0 Å². The predicted octanol–water partition coefficient (Wildman–Crippen LogP) is 11.8. The molecule has 3 nitrogen and oxygen atoms in total. The number of hydrogen-bond donors (Lipinski definition) is 0. The lowest BCUT2D eigenvalue weighted by Crippen LogP contribution is -2.28. The Kier molecular flexibility index (Phi) is 7.70. The normalized spacial score (nSPS) is 14.5. The third-order valence-corrected chi connectivity index (χ3v) is 10.4. The van der Waals surface area contributed by atoms with E-state index < -0.39 is 5.41 Å². The highest BCUT2D eigenvalue weighted by Gasteiger charge is 2.46. The van der Waals surface area contributed by atoms with Crippen LogP contribution >= 0.6 is 0 Å². The van der Waals surface area contributed by atoms with Crippen molar-refractivity contribution in [2.45, 2.75) is 26.2 Å². The Bertz CT molecular complexity index is 2610. The van der Waals surface area contributed by atoms with Gasteiger partial charge >= 0.3 is 0 Å². The number of fused-ring (bicyclic) bond motifs is 3. The minimum atomic E-state index is -0.579. The topological polar surface area (TPSA) is 38.7 Å². The Hall–Kier alpha value is -6.45. The average molecular weight is 668 g/mol.